The Balaban J connectivity index is 1.32. The van der Waals surface area contributed by atoms with Gasteiger partial charge in [-0.05, 0) is 68.9 Å². The van der Waals surface area contributed by atoms with E-state index < -0.39 is 0 Å². The lowest BCUT2D eigenvalue weighted by atomic mass is 9.97. The van der Waals surface area contributed by atoms with E-state index >= 15 is 0 Å². The van der Waals surface area contributed by atoms with Gasteiger partial charge in [0.15, 0.2) is 0 Å². The molecule has 1 aromatic carbocycles. The number of aromatic nitrogens is 2. The fourth-order valence-electron chi connectivity index (χ4n) is 3.89. The van der Waals surface area contributed by atoms with Gasteiger partial charge in [-0.3, -0.25) is 4.79 Å². The first kappa shape index (κ1) is 17.8. The number of amides is 1. The molecule has 1 aliphatic carbocycles. The predicted octanol–water partition coefficient (Wildman–Crippen LogP) is 3.65. The summed E-state index contributed by atoms with van der Waals surface area (Å²) in [4.78, 5) is 23.4. The van der Waals surface area contributed by atoms with Crippen molar-refractivity contribution >= 4 is 17.5 Å². The molecule has 2 aromatic rings. The van der Waals surface area contributed by atoms with Gasteiger partial charge in [0.25, 0.3) is 0 Å². The summed E-state index contributed by atoms with van der Waals surface area (Å²) in [5.41, 5.74) is 0.812. The van der Waals surface area contributed by atoms with Crippen LogP contribution in [0.5, 0.6) is 5.75 Å². The smallest absolute Gasteiger partial charge is 0.229 e. The summed E-state index contributed by atoms with van der Waals surface area (Å²) in [5.74, 6) is 1.57. The lowest BCUT2D eigenvalue weighted by molar-refractivity contribution is -0.120. The van der Waals surface area contributed by atoms with E-state index in [0.717, 1.165) is 43.7 Å². The van der Waals surface area contributed by atoms with E-state index in [2.05, 4.69) is 20.2 Å². The number of rotatable bonds is 5. The van der Waals surface area contributed by atoms with E-state index in [-0.39, 0.29) is 11.8 Å². The molecule has 1 N–H and O–H groups in total. The van der Waals surface area contributed by atoms with Crippen LogP contribution in [-0.4, -0.2) is 35.1 Å². The molecule has 0 spiro atoms. The zero-order valence-corrected chi connectivity index (χ0v) is 15.5. The zero-order valence-electron chi connectivity index (χ0n) is 15.5. The Bertz CT molecular complexity index is 745. The highest BCUT2D eigenvalue weighted by Gasteiger charge is 2.27. The van der Waals surface area contributed by atoms with E-state index in [4.69, 9.17) is 4.74 Å². The largest absolute Gasteiger partial charge is 0.490 e. The Morgan fingerprint density at radius 3 is 2.52 bits per heavy atom. The summed E-state index contributed by atoms with van der Waals surface area (Å²) in [6, 6.07) is 9.53. The SMILES string of the molecule is O=C(Nc1ccc(OC2CCCC2)cc1)C1CCCN(c2ncccn2)C1. The molecule has 142 valence electrons. The average molecular weight is 366 g/mol. The number of anilines is 2. The van der Waals surface area contributed by atoms with Crippen molar-refractivity contribution in [2.75, 3.05) is 23.3 Å². The molecule has 2 fully saturated rings. The Morgan fingerprint density at radius 2 is 1.78 bits per heavy atom. The summed E-state index contributed by atoms with van der Waals surface area (Å²) < 4.78 is 5.98. The second-order valence-corrected chi connectivity index (χ2v) is 7.37. The van der Waals surface area contributed by atoms with Gasteiger partial charge in [-0.25, -0.2) is 9.97 Å². The van der Waals surface area contributed by atoms with Crippen LogP contribution in [0.25, 0.3) is 0 Å². The third-order valence-corrected chi connectivity index (χ3v) is 5.35. The molecular weight excluding hydrogens is 340 g/mol. The third kappa shape index (κ3) is 4.56. The lowest BCUT2D eigenvalue weighted by Gasteiger charge is -2.31. The minimum atomic E-state index is -0.0584. The minimum Gasteiger partial charge on any atom is -0.490 e. The van der Waals surface area contributed by atoms with Gasteiger partial charge in [-0.2, -0.15) is 0 Å². The number of ether oxygens (including phenoxy) is 1. The van der Waals surface area contributed by atoms with Crippen LogP contribution in [-0.2, 0) is 4.79 Å². The molecule has 4 rings (SSSR count). The van der Waals surface area contributed by atoms with Crippen LogP contribution in [0.15, 0.2) is 42.7 Å². The highest BCUT2D eigenvalue weighted by molar-refractivity contribution is 5.93. The third-order valence-electron chi connectivity index (χ3n) is 5.35. The van der Waals surface area contributed by atoms with E-state index in [0.29, 0.717) is 18.6 Å². The van der Waals surface area contributed by atoms with Crippen LogP contribution in [0.3, 0.4) is 0 Å². The second-order valence-electron chi connectivity index (χ2n) is 7.37. The molecule has 1 amide bonds. The standard InChI is InChI=1S/C21H26N4O2/c26-20(16-5-3-14-25(15-16)21-22-12-4-13-23-21)24-17-8-10-19(11-9-17)27-18-6-1-2-7-18/h4,8-13,16,18H,1-3,5-7,14-15H2,(H,24,26). The van der Waals surface area contributed by atoms with Crippen molar-refractivity contribution in [1.29, 1.82) is 0 Å². The molecular formula is C21H26N4O2. The van der Waals surface area contributed by atoms with Gasteiger partial charge in [0.05, 0.1) is 12.0 Å². The predicted molar refractivity (Wildman–Crippen MR) is 105 cm³/mol. The maximum absolute atomic E-state index is 12.7. The van der Waals surface area contributed by atoms with Crippen molar-refractivity contribution in [3.63, 3.8) is 0 Å². The summed E-state index contributed by atoms with van der Waals surface area (Å²) >= 11 is 0. The van der Waals surface area contributed by atoms with Crippen molar-refractivity contribution in [3.05, 3.63) is 42.7 Å². The molecule has 1 saturated heterocycles. The van der Waals surface area contributed by atoms with Gasteiger partial charge < -0.3 is 15.0 Å². The quantitative estimate of drug-likeness (QED) is 0.875. The van der Waals surface area contributed by atoms with Crippen molar-refractivity contribution < 1.29 is 9.53 Å². The normalized spacial score (nSPS) is 20.4. The molecule has 1 aliphatic heterocycles. The minimum absolute atomic E-state index is 0.0556. The van der Waals surface area contributed by atoms with E-state index in [1.807, 2.05) is 24.3 Å². The highest BCUT2D eigenvalue weighted by atomic mass is 16.5. The molecule has 0 radical (unpaired) electrons. The molecule has 1 saturated carbocycles. The molecule has 1 aromatic heterocycles. The number of carbonyl (C=O) groups excluding carboxylic acids is 1. The second kappa shape index (κ2) is 8.37. The average Bonchev–Trinajstić information content (AvgIpc) is 3.23. The first-order valence-corrected chi connectivity index (χ1v) is 9.87. The number of hydrogen-bond donors (Lipinski definition) is 1. The molecule has 0 bridgehead atoms. The first-order valence-electron chi connectivity index (χ1n) is 9.87. The zero-order chi connectivity index (χ0) is 18.5. The number of benzene rings is 1. The highest BCUT2D eigenvalue weighted by Crippen LogP contribution is 2.26. The van der Waals surface area contributed by atoms with Crippen LogP contribution < -0.4 is 15.0 Å². The van der Waals surface area contributed by atoms with Gasteiger partial charge in [0, 0.05) is 31.2 Å². The van der Waals surface area contributed by atoms with Crippen LogP contribution in [0.1, 0.15) is 38.5 Å². The number of nitrogens with zero attached hydrogens (tertiary/aromatic N) is 3. The topological polar surface area (TPSA) is 67.3 Å². The molecule has 27 heavy (non-hydrogen) atoms. The molecule has 1 unspecified atom stereocenters. The van der Waals surface area contributed by atoms with Crippen molar-refractivity contribution in [3.8, 4) is 5.75 Å². The Kier molecular flexibility index (Phi) is 5.51. The van der Waals surface area contributed by atoms with E-state index in [9.17, 15) is 4.79 Å². The summed E-state index contributed by atoms with van der Waals surface area (Å²) in [7, 11) is 0. The first-order chi connectivity index (χ1) is 13.3. The van der Waals surface area contributed by atoms with Gasteiger partial charge in [-0.1, -0.05) is 0 Å². The van der Waals surface area contributed by atoms with Crippen molar-refractivity contribution in [2.45, 2.75) is 44.6 Å². The molecule has 2 aliphatic rings. The van der Waals surface area contributed by atoms with Crippen LogP contribution in [0, 0.1) is 5.92 Å². The summed E-state index contributed by atoms with van der Waals surface area (Å²) in [6.07, 6.45) is 10.5. The number of carbonyl (C=O) groups is 1. The maximum atomic E-state index is 12.7. The fourth-order valence-corrected chi connectivity index (χ4v) is 3.89. The molecule has 1 atom stereocenters. The Morgan fingerprint density at radius 1 is 1.04 bits per heavy atom. The lowest BCUT2D eigenvalue weighted by Crippen LogP contribution is -2.41. The summed E-state index contributed by atoms with van der Waals surface area (Å²) in [6.45, 7) is 1.54. The molecule has 6 heteroatoms. The maximum Gasteiger partial charge on any atom is 0.229 e. The van der Waals surface area contributed by atoms with Crippen LogP contribution >= 0.6 is 0 Å². The molecule has 2 heterocycles. The van der Waals surface area contributed by atoms with Gasteiger partial charge in [0.1, 0.15) is 5.75 Å². The number of nitrogens with one attached hydrogen (secondary N) is 1. The van der Waals surface area contributed by atoms with Crippen molar-refractivity contribution in [1.82, 2.24) is 9.97 Å². The molecule has 6 nitrogen and oxygen atoms in total. The fraction of sp³-hybridized carbons (Fsp3) is 0.476. The monoisotopic (exact) mass is 366 g/mol. The number of piperidine rings is 1. The Hall–Kier alpha value is -2.63. The van der Waals surface area contributed by atoms with E-state index in [1.165, 1.54) is 12.8 Å². The van der Waals surface area contributed by atoms with Gasteiger partial charge in [-0.15, -0.1) is 0 Å². The van der Waals surface area contributed by atoms with E-state index in [1.54, 1.807) is 18.5 Å². The summed E-state index contributed by atoms with van der Waals surface area (Å²) in [5, 5.41) is 3.04. The van der Waals surface area contributed by atoms with Crippen LogP contribution in [0.2, 0.25) is 0 Å². The van der Waals surface area contributed by atoms with Crippen LogP contribution in [0.4, 0.5) is 11.6 Å². The van der Waals surface area contributed by atoms with Gasteiger partial charge in [0.2, 0.25) is 11.9 Å². The Labute approximate surface area is 160 Å². The van der Waals surface area contributed by atoms with Gasteiger partial charge >= 0.3 is 0 Å². The van der Waals surface area contributed by atoms with Crippen molar-refractivity contribution in [2.24, 2.45) is 5.92 Å². The number of hydrogen-bond acceptors (Lipinski definition) is 5.